The molecule has 1 N–H and O–H groups in total. The Morgan fingerprint density at radius 3 is 2.70 bits per heavy atom. The van der Waals surface area contributed by atoms with Crippen molar-refractivity contribution < 1.29 is 4.79 Å². The van der Waals surface area contributed by atoms with Crippen LogP contribution in [0.15, 0.2) is 60.9 Å². The molecule has 0 spiro atoms. The van der Waals surface area contributed by atoms with Crippen LogP contribution in [0.2, 0.25) is 5.02 Å². The number of pyridine rings is 1. The third kappa shape index (κ3) is 4.77. The Morgan fingerprint density at radius 2 is 2.04 bits per heavy atom. The van der Waals surface area contributed by atoms with Gasteiger partial charge in [-0.05, 0) is 55.7 Å². The number of nitrogens with one attached hydrogen (secondary N) is 1. The lowest BCUT2D eigenvalue weighted by atomic mass is 10.1. The number of hydrogen-bond donors (Lipinski definition) is 1. The molecule has 0 unspecified atom stereocenters. The van der Waals surface area contributed by atoms with E-state index in [4.69, 9.17) is 11.6 Å². The van der Waals surface area contributed by atoms with Gasteiger partial charge >= 0.3 is 6.03 Å². The van der Waals surface area contributed by atoms with Crippen LogP contribution in [0.4, 0.5) is 10.5 Å². The lowest BCUT2D eigenvalue weighted by Gasteiger charge is -2.27. The summed E-state index contributed by atoms with van der Waals surface area (Å²) in [6, 6.07) is 11.4. The van der Waals surface area contributed by atoms with Crippen LogP contribution >= 0.6 is 11.6 Å². The van der Waals surface area contributed by atoms with Crippen molar-refractivity contribution in [1.29, 1.82) is 0 Å². The van der Waals surface area contributed by atoms with E-state index < -0.39 is 0 Å². The lowest BCUT2D eigenvalue weighted by molar-refractivity contribution is 0.223. The number of hydrogen-bond acceptors (Lipinski definition) is 2. The molecule has 0 aliphatic carbocycles. The molecule has 1 aromatic carbocycles. The van der Waals surface area contributed by atoms with Gasteiger partial charge in [-0.25, -0.2) is 4.79 Å². The summed E-state index contributed by atoms with van der Waals surface area (Å²) in [5, 5.41) is 3.55. The largest absolute Gasteiger partial charge is 0.326 e. The summed E-state index contributed by atoms with van der Waals surface area (Å²) in [6.07, 6.45) is 10.8. The number of aryl methyl sites for hydroxylation is 1. The van der Waals surface area contributed by atoms with Crippen LogP contribution in [-0.4, -0.2) is 22.0 Å². The molecular formula is C22H24ClN3O. The first kappa shape index (κ1) is 19.2. The number of carbonyl (C=O) groups excluding carboxylic acids is 1. The second-order valence-corrected chi connectivity index (χ2v) is 7.06. The molecule has 1 aromatic heterocycles. The molecule has 4 nitrogen and oxygen atoms in total. The summed E-state index contributed by atoms with van der Waals surface area (Å²) in [7, 11) is 0. The minimum Gasteiger partial charge on any atom is -0.308 e. The Bertz CT molecular complexity index is 858. The topological polar surface area (TPSA) is 45.2 Å². The van der Waals surface area contributed by atoms with Crippen molar-refractivity contribution in [3.63, 3.8) is 0 Å². The maximum absolute atomic E-state index is 12.6. The van der Waals surface area contributed by atoms with Gasteiger partial charge in [-0.2, -0.15) is 0 Å². The maximum atomic E-state index is 12.6. The van der Waals surface area contributed by atoms with Gasteiger partial charge in [-0.15, -0.1) is 0 Å². The fourth-order valence-corrected chi connectivity index (χ4v) is 3.26. The number of amides is 2. The lowest BCUT2D eigenvalue weighted by Crippen LogP contribution is -2.37. The number of benzene rings is 1. The minimum atomic E-state index is -0.164. The molecule has 1 aliphatic rings. The van der Waals surface area contributed by atoms with Crippen molar-refractivity contribution in [2.24, 2.45) is 0 Å². The highest BCUT2D eigenvalue weighted by Crippen LogP contribution is 2.27. The third-order valence-corrected chi connectivity index (χ3v) is 4.87. The molecule has 3 rings (SSSR count). The molecule has 5 heteroatoms. The summed E-state index contributed by atoms with van der Waals surface area (Å²) in [6.45, 7) is 4.15. The van der Waals surface area contributed by atoms with Gasteiger partial charge in [0.15, 0.2) is 0 Å². The molecule has 2 amide bonds. The van der Waals surface area contributed by atoms with E-state index in [1.165, 1.54) is 18.4 Å². The first-order valence-electron chi connectivity index (χ1n) is 9.27. The van der Waals surface area contributed by atoms with E-state index in [0.29, 0.717) is 5.02 Å². The van der Waals surface area contributed by atoms with Gasteiger partial charge in [-0.3, -0.25) is 9.88 Å². The van der Waals surface area contributed by atoms with Crippen molar-refractivity contribution >= 4 is 28.9 Å². The number of anilines is 1. The van der Waals surface area contributed by atoms with Crippen LogP contribution in [0.25, 0.3) is 5.57 Å². The Kier molecular flexibility index (Phi) is 6.30. The predicted molar refractivity (Wildman–Crippen MR) is 112 cm³/mol. The Balaban J connectivity index is 1.65. The Hall–Kier alpha value is -2.59. The normalized spacial score (nSPS) is 16.2. The zero-order chi connectivity index (χ0) is 19.2. The zero-order valence-corrected chi connectivity index (χ0v) is 16.4. The molecule has 2 heterocycles. The van der Waals surface area contributed by atoms with Gasteiger partial charge in [0.1, 0.15) is 0 Å². The first-order chi connectivity index (χ1) is 13.1. The van der Waals surface area contributed by atoms with Crippen molar-refractivity contribution in [2.45, 2.75) is 39.2 Å². The van der Waals surface area contributed by atoms with Crippen LogP contribution in [0.3, 0.4) is 0 Å². The van der Waals surface area contributed by atoms with Gasteiger partial charge in [0.25, 0.3) is 0 Å². The number of allylic oxidation sites excluding steroid dienone is 2. The molecule has 0 radical (unpaired) electrons. The zero-order valence-electron chi connectivity index (χ0n) is 15.7. The van der Waals surface area contributed by atoms with Crippen molar-refractivity contribution in [3.05, 3.63) is 77.2 Å². The number of carbonyl (C=O) groups is 1. The number of halogens is 1. The third-order valence-electron chi connectivity index (χ3n) is 4.56. The molecular weight excluding hydrogens is 358 g/mol. The first-order valence-corrected chi connectivity index (χ1v) is 9.65. The average Bonchev–Trinajstić information content (AvgIpc) is 2.67. The summed E-state index contributed by atoms with van der Waals surface area (Å²) in [5.74, 6) is 0. The highest BCUT2D eigenvalue weighted by Gasteiger charge is 2.21. The van der Waals surface area contributed by atoms with Crippen LogP contribution in [-0.2, 0) is 6.42 Å². The monoisotopic (exact) mass is 381 g/mol. The van der Waals surface area contributed by atoms with Gasteiger partial charge in [0.05, 0.1) is 16.8 Å². The quantitative estimate of drug-likeness (QED) is 0.699. The molecule has 0 saturated heterocycles. The fourth-order valence-electron chi connectivity index (χ4n) is 3.02. The average molecular weight is 382 g/mol. The van der Waals surface area contributed by atoms with Crippen LogP contribution in [0, 0.1) is 0 Å². The number of nitrogens with zero attached hydrogens (tertiary/aromatic N) is 2. The molecule has 0 bridgehead atoms. The van der Waals surface area contributed by atoms with Gasteiger partial charge in [-0.1, -0.05) is 43.2 Å². The van der Waals surface area contributed by atoms with E-state index >= 15 is 0 Å². The SMILES string of the molecule is CCCCc1ccc(NC(=O)N2C=CC(c3ncccc3Cl)=C[C@H]2C)cc1. The van der Waals surface area contributed by atoms with E-state index in [1.807, 2.05) is 37.3 Å². The summed E-state index contributed by atoms with van der Waals surface area (Å²) < 4.78 is 0. The minimum absolute atomic E-state index is 0.105. The Labute approximate surface area is 165 Å². The van der Waals surface area contributed by atoms with Crippen LogP contribution in [0.5, 0.6) is 0 Å². The summed E-state index contributed by atoms with van der Waals surface area (Å²) in [4.78, 5) is 18.6. The highest BCUT2D eigenvalue weighted by molar-refractivity contribution is 6.32. The molecule has 0 saturated carbocycles. The standard InChI is InChI=1S/C22H24ClN3O/c1-3-4-6-17-8-10-19(11-9-17)25-22(27)26-14-12-18(15-16(26)2)21-20(23)7-5-13-24-21/h5,7-16H,3-4,6H2,1-2H3,(H,25,27)/t16-/m1/s1. The molecule has 140 valence electrons. The molecule has 2 aromatic rings. The second kappa shape index (κ2) is 8.87. The fraction of sp³-hybridized carbons (Fsp3) is 0.273. The van der Waals surface area contributed by atoms with Crippen LogP contribution < -0.4 is 5.32 Å². The number of unbranched alkanes of at least 4 members (excludes halogenated alkanes) is 1. The van der Waals surface area contributed by atoms with Crippen molar-refractivity contribution in [1.82, 2.24) is 9.88 Å². The summed E-state index contributed by atoms with van der Waals surface area (Å²) in [5.41, 5.74) is 3.73. The molecule has 0 fully saturated rings. The molecule has 1 aliphatic heterocycles. The smallest absolute Gasteiger partial charge is 0.308 e. The van der Waals surface area contributed by atoms with Gasteiger partial charge in [0, 0.05) is 23.7 Å². The van der Waals surface area contributed by atoms with E-state index in [-0.39, 0.29) is 12.1 Å². The molecule has 1 atom stereocenters. The number of urea groups is 1. The second-order valence-electron chi connectivity index (χ2n) is 6.65. The van der Waals surface area contributed by atoms with E-state index in [1.54, 1.807) is 23.4 Å². The van der Waals surface area contributed by atoms with E-state index in [0.717, 1.165) is 23.4 Å². The van der Waals surface area contributed by atoms with Gasteiger partial charge < -0.3 is 5.32 Å². The van der Waals surface area contributed by atoms with Crippen molar-refractivity contribution in [3.8, 4) is 0 Å². The molecule has 27 heavy (non-hydrogen) atoms. The highest BCUT2D eigenvalue weighted by atomic mass is 35.5. The van der Waals surface area contributed by atoms with E-state index in [9.17, 15) is 4.79 Å². The predicted octanol–water partition coefficient (Wildman–Crippen LogP) is 5.91. The number of aromatic nitrogens is 1. The van der Waals surface area contributed by atoms with Crippen molar-refractivity contribution in [2.75, 3.05) is 5.32 Å². The van der Waals surface area contributed by atoms with Crippen LogP contribution in [0.1, 0.15) is 37.9 Å². The Morgan fingerprint density at radius 1 is 1.26 bits per heavy atom. The van der Waals surface area contributed by atoms with E-state index in [2.05, 4.69) is 29.4 Å². The van der Waals surface area contributed by atoms with Gasteiger partial charge in [0.2, 0.25) is 0 Å². The number of rotatable bonds is 5. The maximum Gasteiger partial charge on any atom is 0.326 e. The summed E-state index contributed by atoms with van der Waals surface area (Å²) >= 11 is 6.23.